The van der Waals surface area contributed by atoms with Crippen LogP contribution in [-0.4, -0.2) is 38.0 Å². The fourth-order valence-corrected chi connectivity index (χ4v) is 7.48. The number of nitrogens with one attached hydrogen (secondary N) is 2. The molecule has 6 rings (SSSR count). The third-order valence-corrected chi connectivity index (χ3v) is 9.56. The highest BCUT2D eigenvalue weighted by atomic mass is 32.2. The summed E-state index contributed by atoms with van der Waals surface area (Å²) in [6.45, 7) is 4.87. The molecule has 2 aliphatic rings. The van der Waals surface area contributed by atoms with Crippen LogP contribution >= 0.6 is 0 Å². The van der Waals surface area contributed by atoms with Crippen molar-refractivity contribution in [2.24, 2.45) is 0 Å². The Kier molecular flexibility index (Phi) is 6.53. The SMILES string of the molecule is Cc1noc(C)c1S(=O)(=O)NC(Cc1ccc2c(c1)C(=O)CC1(CCNCC1)O2)c1cccc2ccccc12. The fourth-order valence-electron chi connectivity index (χ4n) is 5.94. The van der Waals surface area contributed by atoms with Crippen LogP contribution in [0.4, 0.5) is 0 Å². The molecule has 1 saturated heterocycles. The second-order valence-electron chi connectivity index (χ2n) is 10.6. The molecule has 1 spiro atoms. The van der Waals surface area contributed by atoms with Crippen LogP contribution in [0.25, 0.3) is 10.8 Å². The van der Waals surface area contributed by atoms with Gasteiger partial charge in [-0.2, -0.15) is 0 Å². The van der Waals surface area contributed by atoms with E-state index in [0.29, 0.717) is 29.8 Å². The molecule has 4 aromatic rings. The first kappa shape index (κ1) is 25.7. The Labute approximate surface area is 227 Å². The maximum absolute atomic E-state index is 13.6. The number of carbonyl (C=O) groups is 1. The molecule has 1 aromatic heterocycles. The molecule has 202 valence electrons. The summed E-state index contributed by atoms with van der Waals surface area (Å²) >= 11 is 0. The van der Waals surface area contributed by atoms with Gasteiger partial charge in [-0.25, -0.2) is 13.1 Å². The summed E-state index contributed by atoms with van der Waals surface area (Å²) in [5.74, 6) is 0.910. The standard InChI is InChI=1S/C30H31N3O5S/c1-19-29(20(2)38-32-19)39(35,36)33-26(24-9-5-7-22-6-3-4-8-23(22)24)17-21-10-11-28-25(16-21)27(34)18-30(37-28)12-14-31-15-13-30/h3-11,16,26,31,33H,12-15,17-18H2,1-2H3. The van der Waals surface area contributed by atoms with Crippen molar-refractivity contribution < 1.29 is 22.5 Å². The number of nitrogens with zero attached hydrogens (tertiary/aromatic N) is 1. The number of benzene rings is 3. The van der Waals surface area contributed by atoms with Gasteiger partial charge in [-0.05, 0) is 67.4 Å². The number of hydrogen-bond donors (Lipinski definition) is 2. The molecule has 1 atom stereocenters. The zero-order valence-corrected chi connectivity index (χ0v) is 22.8. The molecule has 3 heterocycles. The van der Waals surface area contributed by atoms with Gasteiger partial charge in [0.2, 0.25) is 10.0 Å². The first-order valence-electron chi connectivity index (χ1n) is 13.2. The summed E-state index contributed by atoms with van der Waals surface area (Å²) in [6.07, 6.45) is 2.29. The maximum atomic E-state index is 13.6. The number of hydrogen-bond acceptors (Lipinski definition) is 7. The number of Topliss-reactive ketones (excluding diaryl/α,β-unsaturated/α-hetero) is 1. The Hall–Kier alpha value is -3.53. The van der Waals surface area contributed by atoms with Crippen molar-refractivity contribution in [3.05, 3.63) is 88.8 Å². The maximum Gasteiger partial charge on any atom is 0.246 e. The second-order valence-corrected chi connectivity index (χ2v) is 12.2. The van der Waals surface area contributed by atoms with Crippen molar-refractivity contribution in [2.75, 3.05) is 13.1 Å². The van der Waals surface area contributed by atoms with Gasteiger partial charge in [0.05, 0.1) is 18.0 Å². The summed E-state index contributed by atoms with van der Waals surface area (Å²) in [7, 11) is -3.96. The molecule has 0 amide bonds. The van der Waals surface area contributed by atoms with Crippen molar-refractivity contribution in [1.82, 2.24) is 15.2 Å². The van der Waals surface area contributed by atoms with E-state index in [9.17, 15) is 13.2 Å². The molecule has 0 radical (unpaired) electrons. The molecule has 9 heteroatoms. The number of ether oxygens (including phenoxy) is 1. The van der Waals surface area contributed by atoms with Crippen molar-refractivity contribution >= 4 is 26.6 Å². The van der Waals surface area contributed by atoms with Crippen LogP contribution in [0.5, 0.6) is 5.75 Å². The third kappa shape index (κ3) is 4.86. The van der Waals surface area contributed by atoms with Gasteiger partial charge in [0.25, 0.3) is 0 Å². The smallest absolute Gasteiger partial charge is 0.246 e. The van der Waals surface area contributed by atoms with Gasteiger partial charge in [0, 0.05) is 12.8 Å². The molecule has 0 saturated carbocycles. The summed E-state index contributed by atoms with van der Waals surface area (Å²) < 4.78 is 41.7. The van der Waals surface area contributed by atoms with Crippen LogP contribution in [0.3, 0.4) is 0 Å². The van der Waals surface area contributed by atoms with E-state index in [2.05, 4.69) is 15.2 Å². The van der Waals surface area contributed by atoms with E-state index in [-0.39, 0.29) is 16.4 Å². The average molecular weight is 546 g/mol. The van der Waals surface area contributed by atoms with E-state index >= 15 is 0 Å². The second kappa shape index (κ2) is 9.89. The minimum Gasteiger partial charge on any atom is -0.486 e. The van der Waals surface area contributed by atoms with E-state index in [0.717, 1.165) is 47.8 Å². The average Bonchev–Trinajstić information content (AvgIpc) is 3.27. The summed E-state index contributed by atoms with van der Waals surface area (Å²) in [4.78, 5) is 13.3. The number of fused-ring (bicyclic) bond motifs is 2. The highest BCUT2D eigenvalue weighted by molar-refractivity contribution is 7.89. The minimum absolute atomic E-state index is 0.0500. The predicted molar refractivity (Wildman–Crippen MR) is 148 cm³/mol. The van der Waals surface area contributed by atoms with Crippen LogP contribution in [-0.2, 0) is 16.4 Å². The van der Waals surface area contributed by atoms with Crippen molar-refractivity contribution in [3.8, 4) is 5.75 Å². The number of aromatic nitrogens is 1. The number of carbonyl (C=O) groups excluding carboxylic acids is 1. The van der Waals surface area contributed by atoms with Gasteiger partial charge in [0.15, 0.2) is 11.5 Å². The van der Waals surface area contributed by atoms with E-state index in [4.69, 9.17) is 9.26 Å². The molecule has 1 fully saturated rings. The van der Waals surface area contributed by atoms with Crippen LogP contribution in [0, 0.1) is 13.8 Å². The summed E-state index contributed by atoms with van der Waals surface area (Å²) in [5, 5.41) is 9.14. The molecule has 2 N–H and O–H groups in total. The van der Waals surface area contributed by atoms with Crippen LogP contribution in [0.15, 0.2) is 70.1 Å². The normalized spacial score (nSPS) is 17.6. The summed E-state index contributed by atoms with van der Waals surface area (Å²) in [5.41, 5.74) is 2.11. The Bertz CT molecular complexity index is 1650. The highest BCUT2D eigenvalue weighted by Gasteiger charge is 2.41. The number of aryl methyl sites for hydroxylation is 2. The number of piperidine rings is 1. The number of ketones is 1. The number of sulfonamides is 1. The molecule has 1 unspecified atom stereocenters. The Morgan fingerprint density at radius 2 is 1.82 bits per heavy atom. The lowest BCUT2D eigenvalue weighted by Crippen LogP contribution is -2.49. The van der Waals surface area contributed by atoms with Gasteiger partial charge >= 0.3 is 0 Å². The third-order valence-electron chi connectivity index (χ3n) is 7.84. The fraction of sp³-hybridized carbons (Fsp3) is 0.333. The monoisotopic (exact) mass is 545 g/mol. The highest BCUT2D eigenvalue weighted by Crippen LogP contribution is 2.39. The lowest BCUT2D eigenvalue weighted by molar-refractivity contribution is 0.0187. The van der Waals surface area contributed by atoms with Gasteiger partial charge in [-0.3, -0.25) is 4.79 Å². The van der Waals surface area contributed by atoms with Crippen LogP contribution in [0.2, 0.25) is 0 Å². The molecule has 0 aliphatic carbocycles. The lowest BCUT2D eigenvalue weighted by Gasteiger charge is -2.41. The Morgan fingerprint density at radius 3 is 2.59 bits per heavy atom. The largest absolute Gasteiger partial charge is 0.486 e. The van der Waals surface area contributed by atoms with Gasteiger partial charge in [-0.1, -0.05) is 53.7 Å². The lowest BCUT2D eigenvalue weighted by atomic mass is 9.82. The topological polar surface area (TPSA) is 111 Å². The summed E-state index contributed by atoms with van der Waals surface area (Å²) in [6, 6.07) is 18.8. The predicted octanol–water partition coefficient (Wildman–Crippen LogP) is 4.79. The first-order chi connectivity index (χ1) is 18.7. The molecular weight excluding hydrogens is 514 g/mol. The Morgan fingerprint density at radius 1 is 1.05 bits per heavy atom. The number of rotatable bonds is 6. The zero-order valence-electron chi connectivity index (χ0n) is 22.0. The van der Waals surface area contributed by atoms with Crippen LogP contribution < -0.4 is 14.8 Å². The zero-order chi connectivity index (χ0) is 27.2. The van der Waals surface area contributed by atoms with Gasteiger partial charge in [-0.15, -0.1) is 0 Å². The van der Waals surface area contributed by atoms with Crippen molar-refractivity contribution in [2.45, 2.75) is 56.1 Å². The van der Waals surface area contributed by atoms with Crippen molar-refractivity contribution in [1.29, 1.82) is 0 Å². The quantitative estimate of drug-likeness (QED) is 0.358. The van der Waals surface area contributed by atoms with Gasteiger partial charge < -0.3 is 14.6 Å². The van der Waals surface area contributed by atoms with E-state index in [1.165, 1.54) is 0 Å². The van der Waals surface area contributed by atoms with Crippen LogP contribution in [0.1, 0.15) is 58.2 Å². The minimum atomic E-state index is -3.96. The Balaban J connectivity index is 1.38. The first-order valence-corrected chi connectivity index (χ1v) is 14.7. The van der Waals surface area contributed by atoms with E-state index < -0.39 is 21.7 Å². The molecule has 8 nitrogen and oxygen atoms in total. The molecule has 39 heavy (non-hydrogen) atoms. The van der Waals surface area contributed by atoms with E-state index in [1.807, 2.05) is 60.7 Å². The van der Waals surface area contributed by atoms with E-state index in [1.54, 1.807) is 13.8 Å². The molecule has 3 aromatic carbocycles. The van der Waals surface area contributed by atoms with Crippen molar-refractivity contribution in [3.63, 3.8) is 0 Å². The molecular formula is C30H31N3O5S. The molecule has 2 aliphatic heterocycles. The van der Waals surface area contributed by atoms with Gasteiger partial charge in [0.1, 0.15) is 21.9 Å². The molecule has 0 bridgehead atoms.